The van der Waals surface area contributed by atoms with Gasteiger partial charge in [0, 0.05) is 34.7 Å². The molecule has 490 valence electrons. The fourth-order valence-corrected chi connectivity index (χ4v) is 11.7. The second-order valence-electron chi connectivity index (χ2n) is 22.8. The minimum Gasteiger partial charge on any atom is -0.508 e. The highest BCUT2D eigenvalue weighted by molar-refractivity contribution is 6.32. The maximum absolute atomic E-state index is 15.8. The van der Waals surface area contributed by atoms with Crippen LogP contribution in [0.1, 0.15) is 84.8 Å². The average Bonchev–Trinajstić information content (AvgIpc) is 0.781. The Bertz CT molecular complexity index is 3790. The number of carboxylic acid groups (broad SMARTS) is 1. The van der Waals surface area contributed by atoms with Crippen molar-refractivity contribution in [2.45, 2.75) is 130 Å². The normalized spacial score (nSPS) is 30.8. The van der Waals surface area contributed by atoms with Gasteiger partial charge in [-0.05, 0) is 90.7 Å². The van der Waals surface area contributed by atoms with Crippen LogP contribution in [0, 0.1) is 0 Å². The number of aliphatic hydroxyl groups excluding tert-OH is 6. The summed E-state index contributed by atoms with van der Waals surface area (Å²) in [5, 5.41) is 124. The Balaban J connectivity index is 1.24. The summed E-state index contributed by atoms with van der Waals surface area (Å²) < 4.78 is 38.0. The minimum absolute atomic E-state index is 0.0953. The zero-order valence-electron chi connectivity index (χ0n) is 48.1. The lowest BCUT2D eigenvalue weighted by Crippen LogP contribution is -2.64. The van der Waals surface area contributed by atoms with Crippen LogP contribution in [0.5, 0.6) is 46.0 Å². The van der Waals surface area contributed by atoms with Crippen LogP contribution < -0.4 is 58.0 Å². The monoisotopic (exact) mass is 1320 g/mol. The van der Waals surface area contributed by atoms with E-state index in [1.807, 2.05) is 0 Å². The molecule has 17 atom stereocenters. The number of ether oxygens (including phenoxy) is 6. The first kappa shape index (κ1) is 66.3. The Morgan fingerprint density at radius 2 is 1.28 bits per heavy atom. The molecule has 12 rings (SSSR count). The number of fused-ring (bicyclic) bond motifs is 15. The van der Waals surface area contributed by atoms with Gasteiger partial charge < -0.3 is 123 Å². The second kappa shape index (κ2) is 26.1. The van der Waals surface area contributed by atoms with Crippen molar-refractivity contribution < 1.29 is 113 Å². The molecule has 21 N–H and O–H groups in total. The van der Waals surface area contributed by atoms with Gasteiger partial charge in [-0.3, -0.25) is 28.8 Å². The zero-order valence-corrected chi connectivity index (χ0v) is 49.6. The van der Waals surface area contributed by atoms with Crippen LogP contribution in [0.4, 0.5) is 0 Å². The molecule has 92 heavy (non-hydrogen) atoms. The summed E-state index contributed by atoms with van der Waals surface area (Å²) in [6.45, 7) is 2.05. The van der Waals surface area contributed by atoms with Gasteiger partial charge in [-0.2, -0.15) is 0 Å². The number of aromatic hydroxyl groups is 3. The number of amides is 6. The standard InChI is InChI=1S/C59H62Cl2N8O23/c1-19-51(79)59(2,64)17-38(87-19)91-50-48(78)47(77)36(18-70)90-58(50)92-49-34-12-23-13-35(49)89-33-8-5-22(11-28(33)61)46(76)44-56(84)68-43(57(85)86)26-14-24(71)15-31(73)39(26)25-9-20(3-6-30(25)72)41(54(82)69-44)67-55(83)42(23)66-52(80)29(16-37(62)74)65-53(81)40(63)45(75)21-4-7-32(88-34)27(60)10-21/h3-15,19,29,36,38,40-48,50-51,58,70-73,75-79H,16-18,63-64H2,1-2H3,(H2,62,74)(H,65,81)(H,66,80)(H,67,83)(H,68,84)(H,69,82)(H,85,86)/t19-,29-,36+,38-,40?,41+,42+,43?,44-,45+,46+,47+,48-,50+,51+,58-,59-/m0/s1. The van der Waals surface area contributed by atoms with Gasteiger partial charge in [0.2, 0.25) is 47.5 Å². The number of primary amides is 1. The highest BCUT2D eigenvalue weighted by Crippen LogP contribution is 2.50. The summed E-state index contributed by atoms with van der Waals surface area (Å²) in [6.07, 6.45) is -18.3. The number of carbonyl (C=O) groups excluding carboxylic acids is 6. The number of aliphatic carboxylic acids is 1. The van der Waals surface area contributed by atoms with Crippen molar-refractivity contribution in [1.29, 1.82) is 0 Å². The molecule has 11 bridgehead atoms. The van der Waals surface area contributed by atoms with Crippen LogP contribution >= 0.6 is 23.2 Å². The number of phenols is 3. The number of halogens is 2. The first-order valence-electron chi connectivity index (χ1n) is 28.2. The largest absolute Gasteiger partial charge is 0.508 e. The van der Waals surface area contributed by atoms with Crippen molar-refractivity contribution in [1.82, 2.24) is 26.6 Å². The van der Waals surface area contributed by atoms with E-state index in [0.29, 0.717) is 0 Å². The van der Waals surface area contributed by atoms with Crippen LogP contribution in [0.2, 0.25) is 10.0 Å². The summed E-state index contributed by atoms with van der Waals surface area (Å²) in [5.74, 6) is -14.7. The number of hydrogen-bond donors (Lipinski definition) is 18. The fraction of sp³-hybridized carbons (Fsp3) is 0.373. The molecule has 33 heteroatoms. The third-order valence-corrected chi connectivity index (χ3v) is 16.7. The van der Waals surface area contributed by atoms with Crippen LogP contribution in [-0.4, -0.2) is 172 Å². The maximum atomic E-state index is 15.8. The smallest absolute Gasteiger partial charge is 0.330 e. The highest BCUT2D eigenvalue weighted by Gasteiger charge is 2.51. The fourth-order valence-electron chi connectivity index (χ4n) is 11.3. The molecular weight excluding hydrogens is 1260 g/mol. The molecule has 0 aromatic heterocycles. The van der Waals surface area contributed by atoms with E-state index in [4.69, 9.17) is 68.8 Å². The minimum atomic E-state index is -2.28. The van der Waals surface area contributed by atoms with Crippen molar-refractivity contribution in [3.63, 3.8) is 0 Å². The molecule has 31 nitrogen and oxygen atoms in total. The van der Waals surface area contributed by atoms with E-state index >= 15 is 9.59 Å². The van der Waals surface area contributed by atoms with E-state index < -0.39 is 219 Å². The predicted molar refractivity (Wildman–Crippen MR) is 313 cm³/mol. The Hall–Kier alpha value is -8.67. The van der Waals surface area contributed by atoms with E-state index in [2.05, 4.69) is 26.6 Å². The molecule has 6 amide bonds. The number of nitrogens with one attached hydrogen (secondary N) is 5. The van der Waals surface area contributed by atoms with Crippen LogP contribution in [0.15, 0.2) is 78.9 Å². The van der Waals surface area contributed by atoms with Crippen molar-refractivity contribution in [2.24, 2.45) is 17.2 Å². The molecule has 0 spiro atoms. The summed E-state index contributed by atoms with van der Waals surface area (Å²) >= 11 is 13.9. The Morgan fingerprint density at radius 1 is 0.685 bits per heavy atom. The van der Waals surface area contributed by atoms with Gasteiger partial charge in [0.1, 0.15) is 89.5 Å². The molecule has 0 saturated carbocycles. The van der Waals surface area contributed by atoms with Crippen molar-refractivity contribution >= 4 is 64.6 Å². The Labute approximate surface area is 529 Å². The summed E-state index contributed by atoms with van der Waals surface area (Å²) in [7, 11) is 0. The Kier molecular flexibility index (Phi) is 18.8. The number of benzene rings is 5. The van der Waals surface area contributed by atoms with E-state index in [-0.39, 0.29) is 39.6 Å². The topological polar surface area (TPSA) is 515 Å². The molecule has 5 aromatic rings. The highest BCUT2D eigenvalue weighted by atomic mass is 35.5. The lowest BCUT2D eigenvalue weighted by molar-refractivity contribution is -0.333. The summed E-state index contributed by atoms with van der Waals surface area (Å²) in [5.41, 5.74) is 14.3. The second-order valence-corrected chi connectivity index (χ2v) is 23.6. The van der Waals surface area contributed by atoms with Crippen molar-refractivity contribution in [2.75, 3.05) is 6.61 Å². The van der Waals surface area contributed by atoms with Gasteiger partial charge in [-0.1, -0.05) is 41.4 Å². The summed E-state index contributed by atoms with van der Waals surface area (Å²) in [4.78, 5) is 100. The molecular formula is C59H62Cl2N8O23. The van der Waals surface area contributed by atoms with Crippen LogP contribution in [-0.2, 0) is 47.8 Å². The van der Waals surface area contributed by atoms with Crippen molar-refractivity contribution in [3.8, 4) is 57.1 Å². The van der Waals surface area contributed by atoms with Gasteiger partial charge >= 0.3 is 5.97 Å². The summed E-state index contributed by atoms with van der Waals surface area (Å²) in [6, 6.07) is 0.765. The number of hydrogen-bond acceptors (Lipinski definition) is 24. The molecule has 0 aliphatic carbocycles. The third kappa shape index (κ3) is 13.2. The van der Waals surface area contributed by atoms with E-state index in [0.717, 1.165) is 66.7 Å². The molecule has 0 radical (unpaired) electrons. The first-order valence-corrected chi connectivity index (χ1v) is 28.9. The maximum Gasteiger partial charge on any atom is 0.330 e. The van der Waals surface area contributed by atoms with Gasteiger partial charge in [0.25, 0.3) is 0 Å². The van der Waals surface area contributed by atoms with E-state index in [1.54, 1.807) is 0 Å². The molecule has 7 aliphatic heterocycles. The SMILES string of the molecule is C[C@@H]1O[C@@H](O[C@H]2[C@H](Oc3c4cc5cc3Oc3ccc(cc3Cl)[C@@H](O)[C@@H]3NC(=O)[C@H](NC(=O)[C@@H]5NC(=O)[C@H](CC(N)=O)NC(=O)C(N)[C@H](O)c5ccc(c(Cl)c5)O4)c4ccc(O)c(c4)-c4c(O)cc(O)cc4C(C(=O)O)NC3=O)O[C@H](CO)[C@@H](O)[C@@H]2O)C[C@](C)(N)[C@@H]1O. The Morgan fingerprint density at radius 3 is 1.88 bits per heavy atom. The third-order valence-electron chi connectivity index (χ3n) is 16.1. The molecule has 7 heterocycles. The number of carboxylic acids is 1. The average molecular weight is 1320 g/mol. The van der Waals surface area contributed by atoms with E-state index in [9.17, 15) is 75.0 Å². The molecule has 2 saturated heterocycles. The van der Waals surface area contributed by atoms with Crippen LogP contribution in [0.25, 0.3) is 11.1 Å². The van der Waals surface area contributed by atoms with Crippen molar-refractivity contribution in [3.05, 3.63) is 117 Å². The lowest BCUT2D eigenvalue weighted by Gasteiger charge is -2.47. The first-order chi connectivity index (χ1) is 43.4. The number of rotatable bonds is 8. The molecule has 2 unspecified atom stereocenters. The van der Waals surface area contributed by atoms with Gasteiger partial charge in [0.15, 0.2) is 29.9 Å². The number of carbonyl (C=O) groups is 7. The number of nitrogens with two attached hydrogens (primary N) is 3. The lowest BCUT2D eigenvalue weighted by atomic mass is 9.86. The molecule has 2 fully saturated rings. The van der Waals surface area contributed by atoms with Gasteiger partial charge in [-0.25, -0.2) is 4.79 Å². The number of aliphatic hydroxyl groups is 6. The predicted octanol–water partition coefficient (Wildman–Crippen LogP) is -0.685. The van der Waals surface area contributed by atoms with Crippen LogP contribution in [0.3, 0.4) is 0 Å². The van der Waals surface area contributed by atoms with Gasteiger partial charge in [-0.15, -0.1) is 0 Å². The quantitative estimate of drug-likeness (QED) is 0.0915. The van der Waals surface area contributed by atoms with Gasteiger partial charge in [0.05, 0.1) is 35.3 Å². The number of phenolic OH excluding ortho intramolecular Hbond substituents is 3. The molecule has 7 aliphatic rings. The van der Waals surface area contributed by atoms with E-state index in [1.165, 1.54) is 26.0 Å². The zero-order chi connectivity index (χ0) is 66.7. The molecule has 5 aromatic carbocycles.